The van der Waals surface area contributed by atoms with Crippen LogP contribution in [0.5, 0.6) is 11.5 Å². The first-order valence-electron chi connectivity index (χ1n) is 16.1. The van der Waals surface area contributed by atoms with Gasteiger partial charge >= 0.3 is 27.0 Å². The van der Waals surface area contributed by atoms with E-state index < -0.39 is 88.1 Å². The highest BCUT2D eigenvalue weighted by molar-refractivity contribution is 7.49. The van der Waals surface area contributed by atoms with Gasteiger partial charge in [-0.3, -0.25) is 46.8 Å². The molecule has 0 spiro atoms. The first kappa shape index (κ1) is 37.3. The lowest BCUT2D eigenvalue weighted by Gasteiger charge is -2.30. The number of hydrogen-bond donors (Lipinski definition) is 2. The van der Waals surface area contributed by atoms with Crippen molar-refractivity contribution in [2.75, 3.05) is 13.2 Å². The van der Waals surface area contributed by atoms with E-state index in [1.807, 2.05) is 0 Å². The van der Waals surface area contributed by atoms with Crippen molar-refractivity contribution in [3.63, 3.8) is 0 Å². The van der Waals surface area contributed by atoms with Gasteiger partial charge in [0.2, 0.25) is 0 Å². The molecule has 2 saturated heterocycles. The van der Waals surface area contributed by atoms with Crippen molar-refractivity contribution in [1.29, 1.82) is 0 Å². The molecule has 0 amide bonds. The molecular weight excluding hydrogens is 762 g/mol. The van der Waals surface area contributed by atoms with Crippen LogP contribution in [0.25, 0.3) is 20.9 Å². The summed E-state index contributed by atoms with van der Waals surface area (Å²) in [6.45, 7) is 1.60. The lowest BCUT2D eigenvalue weighted by Crippen LogP contribution is -2.33. The fourth-order valence-electron chi connectivity index (χ4n) is 6.13. The number of nitrogens with one attached hydrogen (secondary N) is 2. The number of H-pyrrole nitrogens is 2. The zero-order chi connectivity index (χ0) is 38.4. The van der Waals surface area contributed by atoms with E-state index in [-0.39, 0.29) is 48.7 Å². The van der Waals surface area contributed by atoms with Crippen LogP contribution in [-0.4, -0.2) is 56.6 Å². The molecule has 4 aliphatic heterocycles. The number of nitrogens with zero attached hydrogens (tertiary/aromatic N) is 8. The Hall–Kier alpha value is -4.98. The Morgan fingerprint density at radius 2 is 1.17 bits per heavy atom. The zero-order valence-corrected chi connectivity index (χ0v) is 30.0. The Morgan fingerprint density at radius 3 is 1.56 bits per heavy atom. The van der Waals surface area contributed by atoms with E-state index >= 15 is 0 Å². The van der Waals surface area contributed by atoms with Gasteiger partial charge < -0.3 is 18.5 Å². The molecule has 54 heavy (non-hydrogen) atoms. The maximum Gasteiger partial charge on any atom is 0.530 e. The molecule has 3 aromatic rings. The third-order valence-electron chi connectivity index (χ3n) is 8.93. The number of fused-ring (bicyclic) bond motifs is 2. The highest BCUT2D eigenvalue weighted by Crippen LogP contribution is 2.59. The molecule has 4 aliphatic rings. The van der Waals surface area contributed by atoms with E-state index in [1.165, 1.54) is 38.4 Å². The molecule has 1 aromatic carbocycles. The van der Waals surface area contributed by atoms with Gasteiger partial charge in [-0.15, -0.1) is 0 Å². The third kappa shape index (κ3) is 7.53. The topological polar surface area (TPSA) is 315 Å². The van der Waals surface area contributed by atoms with Gasteiger partial charge in [0.1, 0.15) is 24.0 Å². The second-order valence-electron chi connectivity index (χ2n) is 12.5. The summed E-state index contributed by atoms with van der Waals surface area (Å²) in [6.07, 6.45) is -1.05. The summed E-state index contributed by atoms with van der Waals surface area (Å²) in [5.74, 6) is 0.186. The van der Waals surface area contributed by atoms with Gasteiger partial charge in [-0.1, -0.05) is 10.2 Å². The molecular formula is C28H30N10O14P2. The third-order valence-corrected chi connectivity index (χ3v) is 11.6. The van der Waals surface area contributed by atoms with Gasteiger partial charge in [0, 0.05) is 57.3 Å². The first-order chi connectivity index (χ1) is 25.8. The number of rotatable bonds is 10. The highest BCUT2D eigenvalue weighted by Gasteiger charge is 2.44. The summed E-state index contributed by atoms with van der Waals surface area (Å²) in [5.41, 5.74) is 16.8. The molecule has 26 heteroatoms. The predicted octanol–water partition coefficient (Wildman–Crippen LogP) is 3.40. The number of phosphoric acid groups is 2. The molecule has 4 unspecified atom stereocenters. The van der Waals surface area contributed by atoms with E-state index in [9.17, 15) is 28.3 Å². The second kappa shape index (κ2) is 14.7. The van der Waals surface area contributed by atoms with E-state index in [4.69, 9.17) is 47.7 Å². The Labute approximate surface area is 301 Å². The van der Waals surface area contributed by atoms with Crippen LogP contribution in [0.3, 0.4) is 0 Å². The molecule has 2 aromatic heterocycles. The predicted molar refractivity (Wildman–Crippen MR) is 179 cm³/mol. The number of ether oxygens (including phenoxy) is 2. The maximum absolute atomic E-state index is 13.5. The minimum Gasteiger partial charge on any atom is -0.404 e. The van der Waals surface area contributed by atoms with Gasteiger partial charge in [-0.2, -0.15) is 0 Å². The van der Waals surface area contributed by atoms with E-state index in [0.717, 1.165) is 9.13 Å². The van der Waals surface area contributed by atoms with Crippen molar-refractivity contribution in [2.45, 2.75) is 76.7 Å². The lowest BCUT2D eigenvalue weighted by molar-refractivity contribution is -0.0291. The molecule has 24 nitrogen and oxygen atoms in total. The Balaban J connectivity index is 0.987. The van der Waals surface area contributed by atoms with Gasteiger partial charge in [0.15, 0.2) is 0 Å². The SMILES string of the molecule is Cc1cn([C@H]2CC(N=[N+]=[N-])[C@@H](COP3(=O)OCc4cc5c(cc4O3)COP(=O)(OC[C@H]3O[C@@H](n4cc(C)c(=O)[nH]c4=O)CC3N=[N+]=[N-])O5)O2)c(=O)[nH]c1=O. The van der Waals surface area contributed by atoms with E-state index in [0.29, 0.717) is 11.1 Å². The summed E-state index contributed by atoms with van der Waals surface area (Å²) in [5, 5.41) is 7.42. The van der Waals surface area contributed by atoms with Crippen LogP contribution in [0, 0.1) is 13.8 Å². The minimum atomic E-state index is -4.27. The number of aromatic amines is 2. The van der Waals surface area contributed by atoms with Crippen molar-refractivity contribution >= 4 is 15.6 Å². The summed E-state index contributed by atoms with van der Waals surface area (Å²) >= 11 is 0. The lowest BCUT2D eigenvalue weighted by atomic mass is 10.1. The molecule has 2 fully saturated rings. The fourth-order valence-corrected chi connectivity index (χ4v) is 8.57. The second-order valence-corrected chi connectivity index (χ2v) is 15.7. The number of aryl methyl sites for hydroxylation is 2. The minimum absolute atomic E-state index is 0.0540. The molecule has 7 rings (SSSR count). The van der Waals surface area contributed by atoms with E-state index in [1.54, 1.807) is 0 Å². The standard InChI is InChI=1S/C28H30N10O14P2/c1-13-7-37(27(41)31-25(13)39)23-5-17(33-35-29)21(49-23)11-47-53(43)45-9-15-4-20-16(3-19(15)51-53)10-46-54(44,52-20)48-12-22-18(34-36-30)6-24(50-22)38-8-14(2)26(40)32-28(38)42/h3-4,7-8,17-18,21-24H,5-6,9-12H2,1-2H3,(H,31,39,41)(H,32,40,42)/t17?,18?,21-,22-,23-,24-,53?,54?/m1/s1. The number of benzene rings is 1. The van der Waals surface area contributed by atoms with Crippen LogP contribution < -0.4 is 31.5 Å². The largest absolute Gasteiger partial charge is 0.530 e. The fraction of sp³-hybridized carbons (Fsp3) is 0.500. The summed E-state index contributed by atoms with van der Waals surface area (Å²) in [6, 6.07) is 1.21. The Morgan fingerprint density at radius 1 is 0.759 bits per heavy atom. The van der Waals surface area contributed by atoms with Crippen LogP contribution in [-0.2, 0) is 49.9 Å². The summed E-state index contributed by atoms with van der Waals surface area (Å²) in [7, 11) is -8.54. The van der Waals surface area contributed by atoms with Crippen molar-refractivity contribution in [3.8, 4) is 11.5 Å². The average molecular weight is 793 g/mol. The van der Waals surface area contributed by atoms with Gasteiger partial charge in [0.25, 0.3) is 11.1 Å². The Bertz CT molecular complexity index is 2270. The van der Waals surface area contributed by atoms with Crippen LogP contribution in [0.2, 0.25) is 0 Å². The molecule has 2 N–H and O–H groups in total. The van der Waals surface area contributed by atoms with E-state index in [2.05, 4.69) is 30.0 Å². The first-order valence-corrected chi connectivity index (χ1v) is 19.1. The zero-order valence-electron chi connectivity index (χ0n) is 28.2. The number of phosphoric ester groups is 2. The molecule has 6 heterocycles. The molecule has 0 aliphatic carbocycles. The van der Waals surface area contributed by atoms with Crippen molar-refractivity contribution in [1.82, 2.24) is 19.1 Å². The molecule has 8 atom stereocenters. The molecule has 286 valence electrons. The van der Waals surface area contributed by atoms with Crippen LogP contribution in [0.1, 0.15) is 47.6 Å². The Kier molecular flexibility index (Phi) is 10.2. The van der Waals surface area contributed by atoms with Crippen molar-refractivity contribution < 1.29 is 45.7 Å². The van der Waals surface area contributed by atoms with Crippen LogP contribution in [0.15, 0.2) is 53.9 Å². The monoisotopic (exact) mass is 792 g/mol. The van der Waals surface area contributed by atoms with Crippen LogP contribution >= 0.6 is 15.6 Å². The van der Waals surface area contributed by atoms with Crippen molar-refractivity contribution in [3.05, 3.63) is 109 Å². The molecule has 0 saturated carbocycles. The quantitative estimate of drug-likeness (QED) is 0.129. The normalized spacial score (nSPS) is 29.9. The van der Waals surface area contributed by atoms with Gasteiger partial charge in [-0.25, -0.2) is 18.7 Å². The molecule has 0 bridgehead atoms. The van der Waals surface area contributed by atoms with Crippen LogP contribution in [0.4, 0.5) is 0 Å². The average Bonchev–Trinajstić information content (AvgIpc) is 3.73. The summed E-state index contributed by atoms with van der Waals surface area (Å²) < 4.78 is 74.3. The number of aromatic nitrogens is 4. The smallest absolute Gasteiger partial charge is 0.404 e. The number of hydrogen-bond acceptors (Lipinski definition) is 16. The van der Waals surface area contributed by atoms with Gasteiger partial charge in [-0.05, 0) is 37.0 Å². The number of azide groups is 2. The van der Waals surface area contributed by atoms with Gasteiger partial charge in [0.05, 0.1) is 50.7 Å². The van der Waals surface area contributed by atoms with Crippen molar-refractivity contribution in [2.24, 2.45) is 10.2 Å². The highest BCUT2D eigenvalue weighted by atomic mass is 31.2. The maximum atomic E-state index is 13.5. The molecule has 0 radical (unpaired) electrons. The summed E-state index contributed by atoms with van der Waals surface area (Å²) in [4.78, 5) is 58.4.